The van der Waals surface area contributed by atoms with Crippen molar-refractivity contribution in [1.29, 1.82) is 0 Å². The largest absolute Gasteiger partial charge is 0.388 e. The number of hydrogen-bond acceptors (Lipinski definition) is 3. The molecule has 1 fully saturated rings. The van der Waals surface area contributed by atoms with Crippen LogP contribution < -0.4 is 5.73 Å². The second-order valence-corrected chi connectivity index (χ2v) is 6.41. The monoisotopic (exact) mass is 324 g/mol. The Bertz CT molecular complexity index is 652. The number of aliphatic hydroxyl groups is 1. The van der Waals surface area contributed by atoms with E-state index in [4.69, 9.17) is 5.73 Å². The standard InChI is InChI=1S/C20H24N2O2/c21-18(15-7-3-1-4-8-15)20(24)22-13-11-17(12-14-22)19(23)16-9-5-2-6-10-16/h1-10,17-19,23H,11-14,21H2. The van der Waals surface area contributed by atoms with Crippen molar-refractivity contribution in [1.82, 2.24) is 4.90 Å². The Morgan fingerprint density at radius 3 is 2.00 bits per heavy atom. The molecule has 1 heterocycles. The highest BCUT2D eigenvalue weighted by atomic mass is 16.3. The van der Waals surface area contributed by atoms with Gasteiger partial charge in [-0.25, -0.2) is 0 Å². The summed E-state index contributed by atoms with van der Waals surface area (Å²) in [5, 5.41) is 10.5. The van der Waals surface area contributed by atoms with Crippen molar-refractivity contribution < 1.29 is 9.90 Å². The van der Waals surface area contributed by atoms with Crippen molar-refractivity contribution in [3.05, 3.63) is 71.8 Å². The highest BCUT2D eigenvalue weighted by Gasteiger charge is 2.30. The van der Waals surface area contributed by atoms with E-state index in [9.17, 15) is 9.90 Å². The van der Waals surface area contributed by atoms with E-state index < -0.39 is 12.1 Å². The van der Waals surface area contributed by atoms with Crippen molar-refractivity contribution in [3.8, 4) is 0 Å². The fraction of sp³-hybridized carbons (Fsp3) is 0.350. The van der Waals surface area contributed by atoms with Gasteiger partial charge in [-0.15, -0.1) is 0 Å². The maximum atomic E-state index is 12.6. The van der Waals surface area contributed by atoms with E-state index in [0.717, 1.165) is 24.0 Å². The molecule has 24 heavy (non-hydrogen) atoms. The molecule has 0 radical (unpaired) electrons. The third kappa shape index (κ3) is 3.66. The minimum Gasteiger partial charge on any atom is -0.388 e. The molecule has 4 heteroatoms. The molecule has 1 saturated heterocycles. The molecule has 0 saturated carbocycles. The highest BCUT2D eigenvalue weighted by Crippen LogP contribution is 2.31. The molecule has 2 aromatic carbocycles. The van der Waals surface area contributed by atoms with Gasteiger partial charge in [0.15, 0.2) is 0 Å². The highest BCUT2D eigenvalue weighted by molar-refractivity contribution is 5.83. The molecule has 3 rings (SSSR count). The van der Waals surface area contributed by atoms with Gasteiger partial charge in [0.1, 0.15) is 6.04 Å². The Morgan fingerprint density at radius 1 is 0.958 bits per heavy atom. The summed E-state index contributed by atoms with van der Waals surface area (Å²) in [4.78, 5) is 14.4. The molecule has 126 valence electrons. The van der Waals surface area contributed by atoms with Crippen molar-refractivity contribution in [3.63, 3.8) is 0 Å². The lowest BCUT2D eigenvalue weighted by atomic mass is 9.87. The molecule has 1 amide bonds. The molecule has 1 aliphatic heterocycles. The van der Waals surface area contributed by atoms with Gasteiger partial charge in [0, 0.05) is 13.1 Å². The van der Waals surface area contributed by atoms with Crippen LogP contribution in [0.4, 0.5) is 0 Å². The molecule has 2 atom stereocenters. The van der Waals surface area contributed by atoms with Crippen LogP contribution in [0.3, 0.4) is 0 Å². The van der Waals surface area contributed by atoms with E-state index in [1.54, 1.807) is 0 Å². The number of nitrogens with two attached hydrogens (primary N) is 1. The number of likely N-dealkylation sites (tertiary alicyclic amines) is 1. The molecule has 3 N–H and O–H groups in total. The average molecular weight is 324 g/mol. The number of carbonyl (C=O) groups excluding carboxylic acids is 1. The van der Waals surface area contributed by atoms with Gasteiger partial charge in [-0.2, -0.15) is 0 Å². The summed E-state index contributed by atoms with van der Waals surface area (Å²) in [7, 11) is 0. The van der Waals surface area contributed by atoms with E-state index in [1.807, 2.05) is 65.6 Å². The van der Waals surface area contributed by atoms with Gasteiger partial charge in [-0.05, 0) is 29.9 Å². The number of nitrogens with zero attached hydrogens (tertiary/aromatic N) is 1. The molecular weight excluding hydrogens is 300 g/mol. The Balaban J connectivity index is 1.58. The first kappa shape index (κ1) is 16.7. The molecule has 2 aromatic rings. The van der Waals surface area contributed by atoms with Crippen LogP contribution in [0, 0.1) is 5.92 Å². The van der Waals surface area contributed by atoms with Gasteiger partial charge in [-0.1, -0.05) is 60.7 Å². The van der Waals surface area contributed by atoms with Crippen molar-refractivity contribution >= 4 is 5.91 Å². The van der Waals surface area contributed by atoms with Crippen LogP contribution in [0.5, 0.6) is 0 Å². The zero-order chi connectivity index (χ0) is 16.9. The van der Waals surface area contributed by atoms with Crippen LogP contribution in [0.2, 0.25) is 0 Å². The van der Waals surface area contributed by atoms with Gasteiger partial charge in [0.25, 0.3) is 0 Å². The SMILES string of the molecule is NC(C(=O)N1CCC(C(O)c2ccccc2)CC1)c1ccccc1. The summed E-state index contributed by atoms with van der Waals surface area (Å²) in [5.74, 6) is 0.151. The van der Waals surface area contributed by atoms with Crippen molar-refractivity contribution in [2.45, 2.75) is 25.0 Å². The zero-order valence-electron chi connectivity index (χ0n) is 13.7. The second-order valence-electron chi connectivity index (χ2n) is 6.41. The third-order valence-corrected chi connectivity index (χ3v) is 4.86. The number of aliphatic hydroxyl groups excluding tert-OH is 1. The van der Waals surface area contributed by atoms with Gasteiger partial charge in [-0.3, -0.25) is 4.79 Å². The topological polar surface area (TPSA) is 66.6 Å². The average Bonchev–Trinajstić information content (AvgIpc) is 2.68. The summed E-state index contributed by atoms with van der Waals surface area (Å²) < 4.78 is 0. The number of benzene rings is 2. The van der Waals surface area contributed by atoms with Gasteiger partial charge in [0.2, 0.25) is 5.91 Å². The summed E-state index contributed by atoms with van der Waals surface area (Å²) in [6, 6.07) is 18.6. The molecule has 0 bridgehead atoms. The number of rotatable bonds is 4. The Kier molecular flexibility index (Phi) is 5.28. The second kappa shape index (κ2) is 7.60. The van der Waals surface area contributed by atoms with Crippen LogP contribution in [-0.2, 0) is 4.79 Å². The summed E-state index contributed by atoms with van der Waals surface area (Å²) in [6.07, 6.45) is 1.12. The molecule has 0 aromatic heterocycles. The molecule has 4 nitrogen and oxygen atoms in total. The normalized spacial score (nSPS) is 18.2. The van der Waals surface area contributed by atoms with E-state index in [0.29, 0.717) is 13.1 Å². The summed E-state index contributed by atoms with van der Waals surface area (Å²) >= 11 is 0. The zero-order valence-corrected chi connectivity index (χ0v) is 13.7. The lowest BCUT2D eigenvalue weighted by Crippen LogP contribution is -2.44. The first-order chi connectivity index (χ1) is 11.7. The number of hydrogen-bond donors (Lipinski definition) is 2. The number of carbonyl (C=O) groups is 1. The molecule has 0 spiro atoms. The van der Waals surface area contributed by atoms with Crippen LogP contribution in [0.25, 0.3) is 0 Å². The predicted octanol–water partition coefficient (Wildman–Crippen LogP) is 2.66. The number of piperidine rings is 1. The molecule has 0 aliphatic carbocycles. The Labute approximate surface area is 142 Å². The fourth-order valence-corrected chi connectivity index (χ4v) is 3.36. The first-order valence-corrected chi connectivity index (χ1v) is 8.49. The maximum absolute atomic E-state index is 12.6. The number of amides is 1. The quantitative estimate of drug-likeness (QED) is 0.908. The minimum atomic E-state index is -0.609. The van der Waals surface area contributed by atoms with E-state index in [-0.39, 0.29) is 11.8 Å². The summed E-state index contributed by atoms with van der Waals surface area (Å²) in [5.41, 5.74) is 7.90. The van der Waals surface area contributed by atoms with Crippen molar-refractivity contribution in [2.24, 2.45) is 11.7 Å². The summed E-state index contributed by atoms with van der Waals surface area (Å²) in [6.45, 7) is 1.29. The predicted molar refractivity (Wildman–Crippen MR) is 94.1 cm³/mol. The van der Waals surface area contributed by atoms with E-state index in [2.05, 4.69) is 0 Å². The van der Waals surface area contributed by atoms with Gasteiger partial charge < -0.3 is 15.7 Å². The third-order valence-electron chi connectivity index (χ3n) is 4.86. The Hall–Kier alpha value is -2.17. The molecule has 1 aliphatic rings. The smallest absolute Gasteiger partial charge is 0.244 e. The van der Waals surface area contributed by atoms with Crippen LogP contribution in [0.15, 0.2) is 60.7 Å². The van der Waals surface area contributed by atoms with E-state index in [1.165, 1.54) is 0 Å². The maximum Gasteiger partial charge on any atom is 0.244 e. The molecule has 2 unspecified atom stereocenters. The minimum absolute atomic E-state index is 0.0335. The van der Waals surface area contributed by atoms with Crippen LogP contribution in [-0.4, -0.2) is 29.0 Å². The van der Waals surface area contributed by atoms with Gasteiger partial charge >= 0.3 is 0 Å². The lowest BCUT2D eigenvalue weighted by Gasteiger charge is -2.35. The van der Waals surface area contributed by atoms with Crippen LogP contribution >= 0.6 is 0 Å². The van der Waals surface area contributed by atoms with E-state index >= 15 is 0 Å². The fourth-order valence-electron chi connectivity index (χ4n) is 3.36. The molecular formula is C20H24N2O2. The van der Waals surface area contributed by atoms with Gasteiger partial charge in [0.05, 0.1) is 6.10 Å². The van der Waals surface area contributed by atoms with Crippen LogP contribution in [0.1, 0.15) is 36.1 Å². The van der Waals surface area contributed by atoms with Crippen molar-refractivity contribution in [2.75, 3.05) is 13.1 Å². The Morgan fingerprint density at radius 2 is 1.46 bits per heavy atom. The first-order valence-electron chi connectivity index (χ1n) is 8.49. The lowest BCUT2D eigenvalue weighted by molar-refractivity contribution is -0.134.